The van der Waals surface area contributed by atoms with Gasteiger partial charge in [0.2, 0.25) is 0 Å². The summed E-state index contributed by atoms with van der Waals surface area (Å²) in [6.07, 6.45) is 5.16. The number of carbonyl (C=O) groups is 1. The summed E-state index contributed by atoms with van der Waals surface area (Å²) in [5.74, 6) is 0.787. The second-order valence-electron chi connectivity index (χ2n) is 4.77. The van der Waals surface area contributed by atoms with Crippen molar-refractivity contribution in [3.05, 3.63) is 24.0 Å². The lowest BCUT2D eigenvalue weighted by molar-refractivity contribution is 0.0697. The lowest BCUT2D eigenvalue weighted by Crippen LogP contribution is -2.38. The van der Waals surface area contributed by atoms with Gasteiger partial charge in [-0.05, 0) is 37.3 Å². The zero-order valence-corrected chi connectivity index (χ0v) is 9.10. The molecule has 1 amide bonds. The van der Waals surface area contributed by atoms with Crippen LogP contribution < -0.4 is 5.73 Å². The summed E-state index contributed by atoms with van der Waals surface area (Å²) in [5, 5.41) is 0. The Morgan fingerprint density at radius 2 is 2.31 bits per heavy atom. The van der Waals surface area contributed by atoms with Crippen LogP contribution in [0.4, 0.5) is 5.69 Å². The van der Waals surface area contributed by atoms with Crippen molar-refractivity contribution in [1.82, 2.24) is 9.88 Å². The number of aromatic nitrogens is 1. The van der Waals surface area contributed by atoms with Crippen molar-refractivity contribution >= 4 is 11.6 Å². The zero-order chi connectivity index (χ0) is 11.1. The van der Waals surface area contributed by atoms with Crippen LogP contribution in [0.5, 0.6) is 0 Å². The highest BCUT2D eigenvalue weighted by atomic mass is 16.2. The van der Waals surface area contributed by atoms with E-state index in [2.05, 4.69) is 4.98 Å². The van der Waals surface area contributed by atoms with E-state index in [4.69, 9.17) is 5.73 Å². The van der Waals surface area contributed by atoms with E-state index < -0.39 is 0 Å². The SMILES string of the molecule is Nc1ccc(C(=O)N2CC3CCC2C3)nc1. The van der Waals surface area contributed by atoms with Gasteiger partial charge in [0, 0.05) is 12.6 Å². The van der Waals surface area contributed by atoms with Gasteiger partial charge in [-0.2, -0.15) is 0 Å². The first kappa shape index (κ1) is 9.63. The van der Waals surface area contributed by atoms with E-state index in [-0.39, 0.29) is 5.91 Å². The molecule has 2 N–H and O–H groups in total. The summed E-state index contributed by atoms with van der Waals surface area (Å²) in [4.78, 5) is 18.2. The highest BCUT2D eigenvalue weighted by Gasteiger charge is 2.40. The number of rotatable bonds is 1. The van der Waals surface area contributed by atoms with Crippen LogP contribution in [0.3, 0.4) is 0 Å². The number of anilines is 1. The van der Waals surface area contributed by atoms with Gasteiger partial charge in [-0.3, -0.25) is 4.79 Å². The molecule has 1 aromatic heterocycles. The molecule has 2 unspecified atom stereocenters. The molecule has 4 heteroatoms. The molecule has 0 aromatic carbocycles. The minimum atomic E-state index is 0.0622. The average molecular weight is 217 g/mol. The van der Waals surface area contributed by atoms with Crippen molar-refractivity contribution in [2.45, 2.75) is 25.3 Å². The summed E-state index contributed by atoms with van der Waals surface area (Å²) in [6, 6.07) is 3.90. The van der Waals surface area contributed by atoms with Crippen LogP contribution in [0.1, 0.15) is 29.8 Å². The van der Waals surface area contributed by atoms with Crippen LogP contribution in [-0.4, -0.2) is 28.4 Å². The lowest BCUT2D eigenvalue weighted by atomic mass is 10.1. The Bertz CT molecular complexity index is 415. The van der Waals surface area contributed by atoms with Crippen LogP contribution in [0.15, 0.2) is 18.3 Å². The van der Waals surface area contributed by atoms with E-state index in [9.17, 15) is 4.79 Å². The van der Waals surface area contributed by atoms with Crippen LogP contribution >= 0.6 is 0 Å². The number of nitrogens with two attached hydrogens (primary N) is 1. The summed E-state index contributed by atoms with van der Waals surface area (Å²) in [7, 11) is 0. The smallest absolute Gasteiger partial charge is 0.272 e. The van der Waals surface area contributed by atoms with Crippen molar-refractivity contribution in [1.29, 1.82) is 0 Å². The number of hydrogen-bond donors (Lipinski definition) is 1. The molecule has 4 nitrogen and oxygen atoms in total. The van der Waals surface area contributed by atoms with Crippen LogP contribution in [0.25, 0.3) is 0 Å². The Morgan fingerprint density at radius 1 is 1.44 bits per heavy atom. The van der Waals surface area contributed by atoms with E-state index in [1.165, 1.54) is 12.8 Å². The quantitative estimate of drug-likeness (QED) is 0.771. The Labute approximate surface area is 94.5 Å². The Hall–Kier alpha value is -1.58. The predicted octanol–water partition coefficient (Wildman–Crippen LogP) is 1.29. The van der Waals surface area contributed by atoms with Gasteiger partial charge in [0.25, 0.3) is 5.91 Å². The zero-order valence-electron chi connectivity index (χ0n) is 9.10. The fourth-order valence-corrected chi connectivity index (χ4v) is 2.85. The van der Waals surface area contributed by atoms with Crippen molar-refractivity contribution in [2.24, 2.45) is 5.92 Å². The number of likely N-dealkylation sites (tertiary alicyclic amines) is 1. The Balaban J connectivity index is 1.80. The molecule has 2 heterocycles. The molecule has 16 heavy (non-hydrogen) atoms. The number of fused-ring (bicyclic) bond motifs is 2. The van der Waals surface area contributed by atoms with Gasteiger partial charge in [-0.25, -0.2) is 4.98 Å². The maximum atomic E-state index is 12.2. The predicted molar refractivity (Wildman–Crippen MR) is 60.8 cm³/mol. The normalized spacial score (nSPS) is 27.4. The van der Waals surface area contributed by atoms with Crippen LogP contribution in [0.2, 0.25) is 0 Å². The molecule has 84 valence electrons. The molecule has 0 radical (unpaired) electrons. The monoisotopic (exact) mass is 217 g/mol. The van der Waals surface area contributed by atoms with Gasteiger partial charge in [0.05, 0.1) is 11.9 Å². The van der Waals surface area contributed by atoms with Crippen molar-refractivity contribution in [2.75, 3.05) is 12.3 Å². The van der Waals surface area contributed by atoms with Gasteiger partial charge in [-0.15, -0.1) is 0 Å². The largest absolute Gasteiger partial charge is 0.397 e. The third kappa shape index (κ3) is 1.45. The molecule has 3 rings (SSSR count). The molecule has 2 aliphatic rings. The summed E-state index contributed by atoms with van der Waals surface area (Å²) in [5.41, 5.74) is 6.67. The van der Waals surface area contributed by atoms with E-state index in [0.717, 1.165) is 18.9 Å². The van der Waals surface area contributed by atoms with Gasteiger partial charge in [0.15, 0.2) is 0 Å². The molecule has 1 saturated heterocycles. The molecular weight excluding hydrogens is 202 g/mol. The number of amides is 1. The molecule has 1 aliphatic carbocycles. The first-order valence-electron chi connectivity index (χ1n) is 5.76. The number of piperidine rings is 1. The van der Waals surface area contributed by atoms with Crippen LogP contribution in [0, 0.1) is 5.92 Å². The van der Waals surface area contributed by atoms with E-state index >= 15 is 0 Å². The van der Waals surface area contributed by atoms with E-state index in [1.54, 1.807) is 18.3 Å². The molecule has 1 saturated carbocycles. The number of carbonyl (C=O) groups excluding carboxylic acids is 1. The minimum Gasteiger partial charge on any atom is -0.397 e. The minimum absolute atomic E-state index is 0.0622. The summed E-state index contributed by atoms with van der Waals surface area (Å²) < 4.78 is 0. The second kappa shape index (κ2) is 3.47. The molecule has 1 aromatic rings. The number of hydrogen-bond acceptors (Lipinski definition) is 3. The van der Waals surface area contributed by atoms with Gasteiger partial charge in [-0.1, -0.05) is 0 Å². The highest BCUT2D eigenvalue weighted by molar-refractivity contribution is 5.93. The van der Waals surface area contributed by atoms with Gasteiger partial charge < -0.3 is 10.6 Å². The van der Waals surface area contributed by atoms with Crippen molar-refractivity contribution < 1.29 is 4.79 Å². The fourth-order valence-electron chi connectivity index (χ4n) is 2.85. The molecule has 1 aliphatic heterocycles. The molecule has 2 fully saturated rings. The second-order valence-corrected chi connectivity index (χ2v) is 4.77. The van der Waals surface area contributed by atoms with Crippen LogP contribution in [-0.2, 0) is 0 Å². The third-order valence-electron chi connectivity index (χ3n) is 3.68. The Morgan fingerprint density at radius 3 is 2.88 bits per heavy atom. The standard InChI is InChI=1S/C12H15N3O/c13-9-2-4-11(14-6-9)12(16)15-7-8-1-3-10(15)5-8/h2,4,6,8,10H,1,3,5,7,13H2. The van der Waals surface area contributed by atoms with E-state index in [1.807, 2.05) is 4.90 Å². The topological polar surface area (TPSA) is 59.2 Å². The number of nitrogens with zero attached hydrogens (tertiary/aromatic N) is 2. The molecule has 2 bridgehead atoms. The number of nitrogen functional groups attached to an aromatic ring is 1. The molecule has 0 spiro atoms. The van der Waals surface area contributed by atoms with E-state index in [0.29, 0.717) is 17.4 Å². The summed E-state index contributed by atoms with van der Waals surface area (Å²) in [6.45, 7) is 0.912. The van der Waals surface area contributed by atoms with Gasteiger partial charge in [0.1, 0.15) is 5.69 Å². The summed E-state index contributed by atoms with van der Waals surface area (Å²) >= 11 is 0. The third-order valence-corrected chi connectivity index (χ3v) is 3.68. The average Bonchev–Trinajstić information content (AvgIpc) is 2.91. The highest BCUT2D eigenvalue weighted by Crippen LogP contribution is 2.37. The first-order valence-corrected chi connectivity index (χ1v) is 5.76. The maximum absolute atomic E-state index is 12.2. The Kier molecular flexibility index (Phi) is 2.09. The fraction of sp³-hybridized carbons (Fsp3) is 0.500. The lowest BCUT2D eigenvalue weighted by Gasteiger charge is -2.26. The maximum Gasteiger partial charge on any atom is 0.272 e. The molecular formula is C12H15N3O. The van der Waals surface area contributed by atoms with Crippen molar-refractivity contribution in [3.63, 3.8) is 0 Å². The van der Waals surface area contributed by atoms with Gasteiger partial charge >= 0.3 is 0 Å². The number of pyridine rings is 1. The molecule has 2 atom stereocenters. The van der Waals surface area contributed by atoms with Crippen molar-refractivity contribution in [3.8, 4) is 0 Å². The first-order chi connectivity index (χ1) is 7.74.